The smallest absolute Gasteiger partial charge is 0.242 e. The summed E-state index contributed by atoms with van der Waals surface area (Å²) in [6.07, 6.45) is 0.762. The Balaban J connectivity index is 2.00. The highest BCUT2D eigenvalue weighted by Gasteiger charge is 2.19. The second kappa shape index (κ2) is 10.3. The number of hydrogen-bond acceptors (Lipinski definition) is 5. The number of nitrogens with one attached hydrogen (secondary N) is 3. The quantitative estimate of drug-likeness (QED) is 0.551. The summed E-state index contributed by atoms with van der Waals surface area (Å²) in [5, 5.41) is 9.12. The van der Waals surface area contributed by atoms with Crippen molar-refractivity contribution in [2.24, 2.45) is 0 Å². The van der Waals surface area contributed by atoms with Crippen molar-refractivity contribution in [1.82, 2.24) is 9.62 Å². The molecule has 0 saturated carbocycles. The van der Waals surface area contributed by atoms with E-state index in [9.17, 15) is 13.2 Å². The first-order valence-corrected chi connectivity index (χ1v) is 11.0. The Morgan fingerprint density at radius 1 is 1.03 bits per heavy atom. The number of aryl methyl sites for hydroxylation is 1. The van der Waals surface area contributed by atoms with Crippen molar-refractivity contribution in [3.8, 4) is 0 Å². The number of hydrogen-bond donors (Lipinski definition) is 3. The summed E-state index contributed by atoms with van der Waals surface area (Å²) in [7, 11) is -0.576. The molecule has 0 aliphatic rings. The number of anilines is 2. The molecular weight excluding hydrogens is 388 g/mol. The van der Waals surface area contributed by atoms with Gasteiger partial charge in [0.2, 0.25) is 15.9 Å². The van der Waals surface area contributed by atoms with Gasteiger partial charge in [0.05, 0.1) is 22.8 Å². The van der Waals surface area contributed by atoms with Crippen LogP contribution >= 0.6 is 0 Å². The van der Waals surface area contributed by atoms with Gasteiger partial charge in [0.25, 0.3) is 0 Å². The molecule has 0 unspecified atom stereocenters. The van der Waals surface area contributed by atoms with Gasteiger partial charge in [0.1, 0.15) is 0 Å². The molecule has 0 fully saturated rings. The van der Waals surface area contributed by atoms with Crippen molar-refractivity contribution >= 4 is 27.3 Å². The molecule has 0 spiro atoms. The van der Waals surface area contributed by atoms with Crippen LogP contribution in [0.4, 0.5) is 11.4 Å². The summed E-state index contributed by atoms with van der Waals surface area (Å²) in [5.74, 6) is -0.151. The molecule has 29 heavy (non-hydrogen) atoms. The lowest BCUT2D eigenvalue weighted by atomic mass is 10.1. The van der Waals surface area contributed by atoms with Gasteiger partial charge in [-0.15, -0.1) is 0 Å². The normalized spacial score (nSPS) is 11.3. The molecule has 0 atom stereocenters. The molecule has 2 aromatic rings. The average molecular weight is 419 g/mol. The highest BCUT2D eigenvalue weighted by atomic mass is 32.2. The monoisotopic (exact) mass is 418 g/mol. The molecule has 0 bridgehead atoms. The van der Waals surface area contributed by atoms with Crippen LogP contribution in [0.5, 0.6) is 0 Å². The molecule has 0 aromatic heterocycles. The molecule has 1 amide bonds. The van der Waals surface area contributed by atoms with Gasteiger partial charge in [-0.1, -0.05) is 24.3 Å². The van der Waals surface area contributed by atoms with Gasteiger partial charge in [0.15, 0.2) is 0 Å². The van der Waals surface area contributed by atoms with Crippen molar-refractivity contribution in [3.63, 3.8) is 0 Å². The maximum atomic E-state index is 12.4. The van der Waals surface area contributed by atoms with Crippen molar-refractivity contribution < 1.29 is 13.2 Å². The minimum atomic E-state index is -3.55. The van der Waals surface area contributed by atoms with Gasteiger partial charge in [-0.05, 0) is 49.6 Å². The van der Waals surface area contributed by atoms with E-state index >= 15 is 0 Å². The number of rotatable bonds is 10. The Hall–Kier alpha value is -2.58. The number of nitrogens with zero attached hydrogens (tertiary/aromatic N) is 1. The molecule has 0 aliphatic heterocycles. The lowest BCUT2D eigenvalue weighted by Gasteiger charge is -2.17. The molecule has 2 rings (SSSR count). The third-order valence-electron chi connectivity index (χ3n) is 4.55. The summed E-state index contributed by atoms with van der Waals surface area (Å²) in [6, 6.07) is 12.9. The standard InChI is InChI=1S/C21H30N4O3S/c1-5-22-19-11-10-18(29(27,28)25(3)4)14-20(19)24-15-21(26)23-13-12-17-9-7-6-8-16(17)2/h6-11,14,22,24H,5,12-13,15H2,1-4H3,(H,23,26). The number of benzene rings is 2. The largest absolute Gasteiger partial charge is 0.384 e. The fourth-order valence-electron chi connectivity index (χ4n) is 2.85. The third-order valence-corrected chi connectivity index (χ3v) is 6.37. The second-order valence-corrected chi connectivity index (χ2v) is 9.06. The van der Waals surface area contributed by atoms with Gasteiger partial charge in [0, 0.05) is 27.2 Å². The zero-order chi connectivity index (χ0) is 21.4. The fraction of sp³-hybridized carbons (Fsp3) is 0.381. The van der Waals surface area contributed by atoms with E-state index in [4.69, 9.17) is 0 Å². The Kier molecular flexibility index (Phi) is 8.04. The predicted octanol–water partition coefficient (Wildman–Crippen LogP) is 2.45. The predicted molar refractivity (Wildman–Crippen MR) is 118 cm³/mol. The molecule has 0 radical (unpaired) electrons. The van der Waals surface area contributed by atoms with E-state index in [2.05, 4.69) is 35.0 Å². The van der Waals surface area contributed by atoms with Crippen LogP contribution in [0.3, 0.4) is 0 Å². The van der Waals surface area contributed by atoms with Crippen LogP contribution < -0.4 is 16.0 Å². The first kappa shape index (κ1) is 22.7. The van der Waals surface area contributed by atoms with Crippen molar-refractivity contribution in [1.29, 1.82) is 0 Å². The minimum absolute atomic E-state index is 0.0532. The number of carbonyl (C=O) groups is 1. The van der Waals surface area contributed by atoms with Crippen LogP contribution in [0, 0.1) is 6.92 Å². The lowest BCUT2D eigenvalue weighted by Crippen LogP contribution is -2.31. The molecule has 2 aromatic carbocycles. The van der Waals surface area contributed by atoms with E-state index in [1.807, 2.05) is 19.1 Å². The summed E-state index contributed by atoms with van der Waals surface area (Å²) < 4.78 is 26.0. The molecule has 7 nitrogen and oxygen atoms in total. The average Bonchev–Trinajstić information content (AvgIpc) is 2.68. The van der Waals surface area contributed by atoms with E-state index in [1.165, 1.54) is 25.2 Å². The maximum Gasteiger partial charge on any atom is 0.242 e. The summed E-state index contributed by atoms with van der Waals surface area (Å²) >= 11 is 0. The van der Waals surface area contributed by atoms with E-state index in [0.717, 1.165) is 16.4 Å². The molecule has 0 aliphatic carbocycles. The van der Waals surface area contributed by atoms with Crippen LogP contribution in [-0.4, -0.2) is 52.4 Å². The number of amides is 1. The Labute approximate surface area is 173 Å². The highest BCUT2D eigenvalue weighted by Crippen LogP contribution is 2.26. The molecule has 8 heteroatoms. The molecular formula is C21H30N4O3S. The van der Waals surface area contributed by atoms with Crippen LogP contribution in [-0.2, 0) is 21.2 Å². The van der Waals surface area contributed by atoms with Crippen molar-refractivity contribution in [3.05, 3.63) is 53.6 Å². The fourth-order valence-corrected chi connectivity index (χ4v) is 3.78. The van der Waals surface area contributed by atoms with Crippen LogP contribution in [0.1, 0.15) is 18.1 Å². The Bertz CT molecular complexity index is 943. The topological polar surface area (TPSA) is 90.5 Å². The zero-order valence-corrected chi connectivity index (χ0v) is 18.3. The summed E-state index contributed by atoms with van der Waals surface area (Å²) in [5.41, 5.74) is 3.73. The van der Waals surface area contributed by atoms with Gasteiger partial charge >= 0.3 is 0 Å². The van der Waals surface area contributed by atoms with Crippen molar-refractivity contribution in [2.45, 2.75) is 25.2 Å². The minimum Gasteiger partial charge on any atom is -0.384 e. The van der Waals surface area contributed by atoms with Gasteiger partial charge in [-0.2, -0.15) is 0 Å². The Morgan fingerprint density at radius 3 is 2.41 bits per heavy atom. The number of carbonyl (C=O) groups excluding carboxylic acids is 1. The Morgan fingerprint density at radius 2 is 1.76 bits per heavy atom. The first-order chi connectivity index (χ1) is 13.8. The van der Waals surface area contributed by atoms with Gasteiger partial charge in [-0.25, -0.2) is 12.7 Å². The van der Waals surface area contributed by atoms with E-state index in [1.54, 1.807) is 18.2 Å². The van der Waals surface area contributed by atoms with Gasteiger partial charge in [-0.3, -0.25) is 4.79 Å². The number of sulfonamides is 1. The SMILES string of the molecule is CCNc1ccc(S(=O)(=O)N(C)C)cc1NCC(=O)NCCc1ccccc1C. The molecule has 158 valence electrons. The van der Waals surface area contributed by atoms with E-state index in [-0.39, 0.29) is 17.3 Å². The summed E-state index contributed by atoms with van der Waals surface area (Å²) in [4.78, 5) is 12.4. The lowest BCUT2D eigenvalue weighted by molar-refractivity contribution is -0.119. The molecule has 3 N–H and O–H groups in total. The first-order valence-electron chi connectivity index (χ1n) is 9.61. The van der Waals surface area contributed by atoms with Crippen LogP contribution in [0.25, 0.3) is 0 Å². The molecule has 0 saturated heterocycles. The van der Waals surface area contributed by atoms with Crippen LogP contribution in [0.2, 0.25) is 0 Å². The second-order valence-electron chi connectivity index (χ2n) is 6.91. The zero-order valence-electron chi connectivity index (χ0n) is 17.5. The van der Waals surface area contributed by atoms with E-state index in [0.29, 0.717) is 18.8 Å². The summed E-state index contributed by atoms with van der Waals surface area (Å²) in [6.45, 7) is 5.28. The molecule has 0 heterocycles. The highest BCUT2D eigenvalue weighted by molar-refractivity contribution is 7.89. The van der Waals surface area contributed by atoms with Crippen molar-refractivity contribution in [2.75, 3.05) is 44.4 Å². The van der Waals surface area contributed by atoms with Gasteiger partial charge < -0.3 is 16.0 Å². The third kappa shape index (κ3) is 6.20. The van der Waals surface area contributed by atoms with Crippen LogP contribution in [0.15, 0.2) is 47.4 Å². The van der Waals surface area contributed by atoms with E-state index < -0.39 is 10.0 Å². The maximum absolute atomic E-state index is 12.4.